The average molecular weight is 271 g/mol. The summed E-state index contributed by atoms with van der Waals surface area (Å²) in [7, 11) is 3.71. The van der Waals surface area contributed by atoms with Gasteiger partial charge in [-0.2, -0.15) is 5.10 Å². The number of aliphatic imine (C=N–C) groups is 1. The second kappa shape index (κ2) is 7.33. The number of aryl methyl sites for hydroxylation is 1. The van der Waals surface area contributed by atoms with E-state index in [-0.39, 0.29) is 0 Å². The summed E-state index contributed by atoms with van der Waals surface area (Å²) >= 11 is 0. The van der Waals surface area contributed by atoms with Crippen molar-refractivity contribution in [3.63, 3.8) is 0 Å². The highest BCUT2D eigenvalue weighted by molar-refractivity contribution is 5.79. The van der Waals surface area contributed by atoms with Gasteiger partial charge in [-0.05, 0) is 17.5 Å². The molecule has 1 aromatic heterocycles. The Morgan fingerprint density at radius 2 is 2.00 bits per heavy atom. The van der Waals surface area contributed by atoms with Crippen LogP contribution in [0.25, 0.3) is 0 Å². The third kappa shape index (κ3) is 4.42. The number of rotatable bonds is 5. The van der Waals surface area contributed by atoms with Crippen LogP contribution in [0.4, 0.5) is 0 Å². The van der Waals surface area contributed by atoms with Crippen molar-refractivity contribution in [2.24, 2.45) is 12.0 Å². The predicted molar refractivity (Wildman–Crippen MR) is 81.6 cm³/mol. The van der Waals surface area contributed by atoms with E-state index in [4.69, 9.17) is 0 Å². The molecule has 0 saturated heterocycles. The van der Waals surface area contributed by atoms with Crippen LogP contribution in [0.2, 0.25) is 0 Å². The van der Waals surface area contributed by atoms with E-state index in [2.05, 4.69) is 32.9 Å². The van der Waals surface area contributed by atoms with E-state index in [9.17, 15) is 0 Å². The van der Waals surface area contributed by atoms with Crippen LogP contribution in [0.1, 0.15) is 11.1 Å². The lowest BCUT2D eigenvalue weighted by Gasteiger charge is -2.11. The summed E-state index contributed by atoms with van der Waals surface area (Å²) < 4.78 is 1.82. The molecule has 0 amide bonds. The van der Waals surface area contributed by atoms with E-state index < -0.39 is 0 Å². The van der Waals surface area contributed by atoms with E-state index >= 15 is 0 Å². The van der Waals surface area contributed by atoms with E-state index in [0.717, 1.165) is 25.5 Å². The fourth-order valence-electron chi connectivity index (χ4n) is 1.93. The summed E-state index contributed by atoms with van der Waals surface area (Å²) in [6, 6.07) is 10.3. The molecule has 0 atom stereocenters. The maximum absolute atomic E-state index is 4.21. The summed E-state index contributed by atoms with van der Waals surface area (Å²) in [5.74, 6) is 0.817. The van der Waals surface area contributed by atoms with Gasteiger partial charge in [0.25, 0.3) is 0 Å². The largest absolute Gasteiger partial charge is 0.356 e. The normalized spacial score (nSPS) is 11.4. The summed E-state index contributed by atoms with van der Waals surface area (Å²) in [4.78, 5) is 4.21. The van der Waals surface area contributed by atoms with Gasteiger partial charge in [-0.3, -0.25) is 9.67 Å². The van der Waals surface area contributed by atoms with Gasteiger partial charge in [-0.15, -0.1) is 0 Å². The van der Waals surface area contributed by atoms with E-state index in [1.807, 2.05) is 42.3 Å². The van der Waals surface area contributed by atoms with Crippen molar-refractivity contribution in [2.45, 2.75) is 13.0 Å². The van der Waals surface area contributed by atoms with Crippen LogP contribution in [-0.2, 0) is 20.0 Å². The van der Waals surface area contributed by atoms with Gasteiger partial charge in [0.2, 0.25) is 0 Å². The van der Waals surface area contributed by atoms with Crippen molar-refractivity contribution in [3.05, 3.63) is 53.9 Å². The molecule has 0 aliphatic carbocycles. The number of hydrogen-bond acceptors (Lipinski definition) is 2. The van der Waals surface area contributed by atoms with E-state index in [0.29, 0.717) is 0 Å². The second-order valence-electron chi connectivity index (χ2n) is 4.61. The van der Waals surface area contributed by atoms with Gasteiger partial charge in [0.15, 0.2) is 5.96 Å². The van der Waals surface area contributed by atoms with Crippen LogP contribution >= 0.6 is 0 Å². The Morgan fingerprint density at radius 3 is 2.65 bits per heavy atom. The monoisotopic (exact) mass is 271 g/mol. The first-order chi connectivity index (χ1) is 9.78. The minimum Gasteiger partial charge on any atom is -0.356 e. The Morgan fingerprint density at radius 1 is 1.20 bits per heavy atom. The fourth-order valence-corrected chi connectivity index (χ4v) is 1.93. The Bertz CT molecular complexity index is 544. The summed E-state index contributed by atoms with van der Waals surface area (Å²) in [5, 5.41) is 10.7. The lowest BCUT2D eigenvalue weighted by Crippen LogP contribution is -2.37. The standard InChI is InChI=1S/C15H21N5/c1-16-15(18-10-13-6-4-3-5-7-13)17-9-8-14-11-19-20(2)12-14/h3-7,11-12H,8-10H2,1-2H3,(H2,16,17,18). The zero-order chi connectivity index (χ0) is 14.2. The van der Waals surface area contributed by atoms with Gasteiger partial charge < -0.3 is 10.6 Å². The summed E-state index contributed by atoms with van der Waals surface area (Å²) in [6.45, 7) is 1.60. The fraction of sp³-hybridized carbons (Fsp3) is 0.333. The van der Waals surface area contributed by atoms with Crippen LogP contribution in [0.3, 0.4) is 0 Å². The van der Waals surface area contributed by atoms with Gasteiger partial charge in [0, 0.05) is 33.4 Å². The molecule has 0 spiro atoms. The predicted octanol–water partition coefficient (Wildman–Crippen LogP) is 1.33. The first-order valence-corrected chi connectivity index (χ1v) is 6.74. The Kier molecular flexibility index (Phi) is 5.17. The van der Waals surface area contributed by atoms with Crippen molar-refractivity contribution < 1.29 is 0 Å². The van der Waals surface area contributed by atoms with Crippen molar-refractivity contribution >= 4 is 5.96 Å². The number of aromatic nitrogens is 2. The molecule has 2 aromatic rings. The number of guanidine groups is 1. The third-order valence-corrected chi connectivity index (χ3v) is 2.99. The van der Waals surface area contributed by atoms with Gasteiger partial charge >= 0.3 is 0 Å². The SMILES string of the molecule is CN=C(NCCc1cnn(C)c1)NCc1ccccc1. The van der Waals surface area contributed by atoms with E-state index in [1.54, 1.807) is 7.05 Å². The highest BCUT2D eigenvalue weighted by Gasteiger charge is 1.99. The van der Waals surface area contributed by atoms with Gasteiger partial charge in [-0.1, -0.05) is 30.3 Å². The van der Waals surface area contributed by atoms with Crippen LogP contribution in [0.15, 0.2) is 47.7 Å². The molecule has 20 heavy (non-hydrogen) atoms. The van der Waals surface area contributed by atoms with Gasteiger partial charge in [0.05, 0.1) is 6.20 Å². The zero-order valence-electron chi connectivity index (χ0n) is 12.0. The van der Waals surface area contributed by atoms with E-state index in [1.165, 1.54) is 11.1 Å². The minimum absolute atomic E-state index is 0.771. The lowest BCUT2D eigenvalue weighted by atomic mass is 10.2. The molecule has 0 bridgehead atoms. The Labute approximate surface area is 119 Å². The number of nitrogens with one attached hydrogen (secondary N) is 2. The molecule has 0 unspecified atom stereocenters. The van der Waals surface area contributed by atoms with Crippen LogP contribution in [0.5, 0.6) is 0 Å². The molecular weight excluding hydrogens is 250 g/mol. The molecule has 1 heterocycles. The zero-order valence-corrected chi connectivity index (χ0v) is 12.0. The van der Waals surface area contributed by atoms with Crippen molar-refractivity contribution in [2.75, 3.05) is 13.6 Å². The molecule has 2 N–H and O–H groups in total. The first kappa shape index (κ1) is 14.1. The smallest absolute Gasteiger partial charge is 0.191 e. The van der Waals surface area contributed by atoms with Crippen molar-refractivity contribution in [1.82, 2.24) is 20.4 Å². The molecule has 5 heteroatoms. The molecule has 0 aliphatic rings. The Balaban J connectivity index is 1.73. The van der Waals surface area contributed by atoms with Crippen molar-refractivity contribution in [3.8, 4) is 0 Å². The molecule has 0 aliphatic heterocycles. The molecule has 0 radical (unpaired) electrons. The van der Waals surface area contributed by atoms with Crippen LogP contribution < -0.4 is 10.6 Å². The highest BCUT2D eigenvalue weighted by atomic mass is 15.2. The van der Waals surface area contributed by atoms with Crippen LogP contribution in [0, 0.1) is 0 Å². The summed E-state index contributed by atoms with van der Waals surface area (Å²) in [6.07, 6.45) is 4.85. The number of benzene rings is 1. The van der Waals surface area contributed by atoms with Gasteiger partial charge in [-0.25, -0.2) is 0 Å². The number of hydrogen-bond donors (Lipinski definition) is 2. The highest BCUT2D eigenvalue weighted by Crippen LogP contribution is 1.98. The molecule has 0 fully saturated rings. The first-order valence-electron chi connectivity index (χ1n) is 6.74. The lowest BCUT2D eigenvalue weighted by molar-refractivity contribution is 0.764. The quantitative estimate of drug-likeness (QED) is 0.637. The molecule has 0 saturated carbocycles. The molecule has 1 aromatic carbocycles. The van der Waals surface area contributed by atoms with Crippen LogP contribution in [-0.4, -0.2) is 29.3 Å². The number of nitrogens with zero attached hydrogens (tertiary/aromatic N) is 3. The minimum atomic E-state index is 0.771. The molecule has 5 nitrogen and oxygen atoms in total. The molecular formula is C15H21N5. The molecule has 2 rings (SSSR count). The maximum Gasteiger partial charge on any atom is 0.191 e. The van der Waals surface area contributed by atoms with Gasteiger partial charge in [0.1, 0.15) is 0 Å². The third-order valence-electron chi connectivity index (χ3n) is 2.99. The second-order valence-corrected chi connectivity index (χ2v) is 4.61. The van der Waals surface area contributed by atoms with Crippen molar-refractivity contribution in [1.29, 1.82) is 0 Å². The average Bonchev–Trinajstić information content (AvgIpc) is 2.89. The summed E-state index contributed by atoms with van der Waals surface area (Å²) in [5.41, 5.74) is 2.46. The topological polar surface area (TPSA) is 54.2 Å². The maximum atomic E-state index is 4.21. The Hall–Kier alpha value is -2.30. The molecule has 106 valence electrons.